The zero-order valence-corrected chi connectivity index (χ0v) is 10.6. The maximum Gasteiger partial charge on any atom is 0.259 e. The molecule has 2 rings (SSSR count). The average Bonchev–Trinajstić information content (AvgIpc) is 2.36. The van der Waals surface area contributed by atoms with E-state index in [2.05, 4.69) is 5.32 Å². The number of amides is 1. The number of aromatic hydroxyl groups is 1. The number of carbonyl (C=O) groups excluding carboxylic acids is 1. The van der Waals surface area contributed by atoms with Crippen LogP contribution < -0.4 is 16.8 Å². The topological polar surface area (TPSA) is 101 Å². The molecule has 0 saturated carbocycles. The Morgan fingerprint density at radius 2 is 1.89 bits per heavy atom. The van der Waals surface area contributed by atoms with E-state index in [1.54, 1.807) is 18.2 Å². The number of benzene rings is 2. The van der Waals surface area contributed by atoms with Crippen LogP contribution in [0.1, 0.15) is 10.4 Å². The number of rotatable bonds is 2. The molecule has 0 atom stereocenters. The van der Waals surface area contributed by atoms with E-state index in [-0.39, 0.29) is 17.0 Å². The number of hydrogen-bond acceptors (Lipinski definition) is 4. The molecule has 2 aromatic rings. The van der Waals surface area contributed by atoms with E-state index in [0.29, 0.717) is 16.4 Å². The zero-order valence-electron chi connectivity index (χ0n) is 9.85. The lowest BCUT2D eigenvalue weighted by atomic mass is 10.1. The van der Waals surface area contributed by atoms with Crippen molar-refractivity contribution in [1.29, 1.82) is 0 Å². The van der Waals surface area contributed by atoms with Crippen LogP contribution in [0.4, 0.5) is 17.1 Å². The van der Waals surface area contributed by atoms with Crippen LogP contribution in [0.3, 0.4) is 0 Å². The predicted octanol–water partition coefficient (Wildman–Crippen LogP) is 2.46. The second-order valence-electron chi connectivity index (χ2n) is 3.93. The number of carbonyl (C=O) groups is 1. The van der Waals surface area contributed by atoms with E-state index >= 15 is 0 Å². The Kier molecular flexibility index (Phi) is 3.48. The Bertz CT molecular complexity index is 644. The van der Waals surface area contributed by atoms with Gasteiger partial charge >= 0.3 is 0 Å². The van der Waals surface area contributed by atoms with Gasteiger partial charge in [0.1, 0.15) is 0 Å². The second-order valence-corrected chi connectivity index (χ2v) is 4.37. The smallest absolute Gasteiger partial charge is 0.259 e. The molecule has 0 aliphatic rings. The van der Waals surface area contributed by atoms with Gasteiger partial charge in [-0.25, -0.2) is 0 Å². The van der Waals surface area contributed by atoms with Crippen molar-refractivity contribution in [2.45, 2.75) is 0 Å². The molecule has 19 heavy (non-hydrogen) atoms. The minimum absolute atomic E-state index is 0.0781. The number of halogens is 1. The standard InChI is InChI=1S/C13H12ClN3O2/c14-7-4-5-11(10(16)6-7)17-13(19)8-2-1-3-9(15)12(8)18/h1-6,18H,15-16H2,(H,17,19). The summed E-state index contributed by atoms with van der Waals surface area (Å²) in [5.41, 5.74) is 12.2. The summed E-state index contributed by atoms with van der Waals surface area (Å²) in [6.45, 7) is 0. The molecule has 5 nitrogen and oxygen atoms in total. The van der Waals surface area contributed by atoms with E-state index in [4.69, 9.17) is 23.1 Å². The number of anilines is 3. The minimum Gasteiger partial charge on any atom is -0.505 e. The Hall–Kier alpha value is -2.40. The van der Waals surface area contributed by atoms with E-state index in [1.165, 1.54) is 18.2 Å². The molecule has 0 unspecified atom stereocenters. The molecule has 0 saturated heterocycles. The van der Waals surface area contributed by atoms with E-state index in [1.807, 2.05) is 0 Å². The molecule has 0 aliphatic heterocycles. The van der Waals surface area contributed by atoms with Crippen molar-refractivity contribution in [2.24, 2.45) is 0 Å². The fourth-order valence-electron chi connectivity index (χ4n) is 1.58. The monoisotopic (exact) mass is 277 g/mol. The van der Waals surface area contributed by atoms with Gasteiger partial charge in [0, 0.05) is 5.02 Å². The summed E-state index contributed by atoms with van der Waals surface area (Å²) in [6, 6.07) is 9.26. The Morgan fingerprint density at radius 3 is 2.58 bits per heavy atom. The van der Waals surface area contributed by atoms with Crippen LogP contribution >= 0.6 is 11.6 Å². The number of phenols is 1. The van der Waals surface area contributed by atoms with Crippen molar-refractivity contribution in [1.82, 2.24) is 0 Å². The van der Waals surface area contributed by atoms with Crippen LogP contribution in [-0.2, 0) is 0 Å². The molecule has 0 spiro atoms. The number of hydrogen-bond donors (Lipinski definition) is 4. The van der Waals surface area contributed by atoms with E-state index < -0.39 is 5.91 Å². The van der Waals surface area contributed by atoms with Crippen LogP contribution in [0.25, 0.3) is 0 Å². The molecule has 1 amide bonds. The highest BCUT2D eigenvalue weighted by molar-refractivity contribution is 6.31. The fourth-order valence-corrected chi connectivity index (χ4v) is 1.76. The number of para-hydroxylation sites is 1. The van der Waals surface area contributed by atoms with Gasteiger partial charge in [0.05, 0.1) is 22.6 Å². The molecule has 0 aliphatic carbocycles. The number of nitrogens with two attached hydrogens (primary N) is 2. The molecule has 2 aromatic carbocycles. The summed E-state index contributed by atoms with van der Waals surface area (Å²) in [5, 5.41) is 12.8. The van der Waals surface area contributed by atoms with Crippen molar-refractivity contribution < 1.29 is 9.90 Å². The summed E-state index contributed by atoms with van der Waals surface area (Å²) >= 11 is 5.77. The molecule has 98 valence electrons. The third-order valence-corrected chi connectivity index (χ3v) is 2.81. The van der Waals surface area contributed by atoms with Crippen molar-refractivity contribution in [3.8, 4) is 5.75 Å². The lowest BCUT2D eigenvalue weighted by Gasteiger charge is -2.10. The first-order valence-electron chi connectivity index (χ1n) is 5.43. The van der Waals surface area contributed by atoms with E-state index in [0.717, 1.165) is 0 Å². The van der Waals surface area contributed by atoms with Gasteiger partial charge in [0.15, 0.2) is 5.75 Å². The van der Waals surface area contributed by atoms with Crippen molar-refractivity contribution in [3.63, 3.8) is 0 Å². The molecule has 6 heteroatoms. The lowest BCUT2D eigenvalue weighted by molar-refractivity contribution is 0.102. The molecular weight excluding hydrogens is 266 g/mol. The largest absolute Gasteiger partial charge is 0.505 e. The van der Waals surface area contributed by atoms with Crippen LogP contribution in [0.2, 0.25) is 5.02 Å². The van der Waals surface area contributed by atoms with Crippen molar-refractivity contribution in [2.75, 3.05) is 16.8 Å². The van der Waals surface area contributed by atoms with Crippen molar-refractivity contribution >= 4 is 34.6 Å². The van der Waals surface area contributed by atoms with Crippen LogP contribution in [0.5, 0.6) is 5.75 Å². The third kappa shape index (κ3) is 2.71. The zero-order chi connectivity index (χ0) is 14.0. The molecule has 0 radical (unpaired) electrons. The van der Waals surface area contributed by atoms with Crippen molar-refractivity contribution in [3.05, 3.63) is 47.0 Å². The van der Waals surface area contributed by atoms with Crippen LogP contribution in [-0.4, -0.2) is 11.0 Å². The maximum atomic E-state index is 12.0. The minimum atomic E-state index is -0.501. The van der Waals surface area contributed by atoms with Gasteiger partial charge in [-0.1, -0.05) is 17.7 Å². The Morgan fingerprint density at radius 1 is 1.16 bits per heavy atom. The fraction of sp³-hybridized carbons (Fsp3) is 0. The third-order valence-electron chi connectivity index (χ3n) is 2.57. The maximum absolute atomic E-state index is 12.0. The van der Waals surface area contributed by atoms with E-state index in [9.17, 15) is 9.90 Å². The Balaban J connectivity index is 2.28. The highest BCUT2D eigenvalue weighted by Crippen LogP contribution is 2.27. The SMILES string of the molecule is Nc1cc(Cl)ccc1NC(=O)c1cccc(N)c1O. The summed E-state index contributed by atoms with van der Waals surface area (Å²) in [4.78, 5) is 12.0. The summed E-state index contributed by atoms with van der Waals surface area (Å²) in [7, 11) is 0. The number of nitrogen functional groups attached to an aromatic ring is 2. The summed E-state index contributed by atoms with van der Waals surface area (Å²) in [5.74, 6) is -0.758. The quantitative estimate of drug-likeness (QED) is 0.500. The lowest BCUT2D eigenvalue weighted by Crippen LogP contribution is -2.13. The van der Waals surface area contributed by atoms with Crippen LogP contribution in [0.15, 0.2) is 36.4 Å². The van der Waals surface area contributed by atoms with Gasteiger partial charge in [0.2, 0.25) is 0 Å². The molecule has 0 bridgehead atoms. The van der Waals surface area contributed by atoms with Crippen LogP contribution in [0, 0.1) is 0 Å². The normalized spacial score (nSPS) is 10.2. The highest BCUT2D eigenvalue weighted by Gasteiger charge is 2.14. The first-order valence-corrected chi connectivity index (χ1v) is 5.80. The summed E-state index contributed by atoms with van der Waals surface area (Å²) < 4.78 is 0. The van der Waals surface area contributed by atoms with Gasteiger partial charge in [-0.05, 0) is 30.3 Å². The van der Waals surface area contributed by atoms with Gasteiger partial charge in [-0.3, -0.25) is 4.79 Å². The average molecular weight is 278 g/mol. The Labute approximate surface area is 114 Å². The highest BCUT2D eigenvalue weighted by atomic mass is 35.5. The van der Waals surface area contributed by atoms with Gasteiger partial charge in [0.25, 0.3) is 5.91 Å². The van der Waals surface area contributed by atoms with Gasteiger partial charge in [-0.2, -0.15) is 0 Å². The molecule has 0 heterocycles. The summed E-state index contributed by atoms with van der Waals surface area (Å²) in [6.07, 6.45) is 0. The molecule has 6 N–H and O–H groups in total. The molecule has 0 aromatic heterocycles. The molecular formula is C13H12ClN3O2. The predicted molar refractivity (Wildman–Crippen MR) is 76.3 cm³/mol. The first kappa shape index (κ1) is 13.0. The number of nitrogens with one attached hydrogen (secondary N) is 1. The van der Waals surface area contributed by atoms with Gasteiger partial charge in [-0.15, -0.1) is 0 Å². The number of phenolic OH excluding ortho intramolecular Hbond substituents is 1. The molecule has 0 fully saturated rings. The first-order chi connectivity index (χ1) is 8.99. The second kappa shape index (κ2) is 5.07. The van der Waals surface area contributed by atoms with Gasteiger partial charge < -0.3 is 21.9 Å².